The Morgan fingerprint density at radius 2 is 2.04 bits per heavy atom. The molecule has 1 aromatic carbocycles. The van der Waals surface area contributed by atoms with Gasteiger partial charge in [-0.15, -0.1) is 0 Å². The highest BCUT2D eigenvalue weighted by Gasteiger charge is 2.25. The van der Waals surface area contributed by atoms with Crippen molar-refractivity contribution in [3.8, 4) is 0 Å². The quantitative estimate of drug-likeness (QED) is 0.839. The Hall–Kier alpha value is -2.05. The van der Waals surface area contributed by atoms with Crippen LogP contribution in [0, 0.1) is 6.92 Å². The molecule has 1 aliphatic heterocycles. The van der Waals surface area contributed by atoms with E-state index in [-0.39, 0.29) is 11.7 Å². The highest BCUT2D eigenvalue weighted by Crippen LogP contribution is 2.24. The highest BCUT2D eigenvalue weighted by molar-refractivity contribution is 6.32. The third-order valence-electron chi connectivity index (χ3n) is 4.55. The summed E-state index contributed by atoms with van der Waals surface area (Å²) in [6, 6.07) is 5.20. The first-order valence-corrected chi connectivity index (χ1v) is 8.84. The summed E-state index contributed by atoms with van der Waals surface area (Å²) in [6.07, 6.45) is -0.255. The number of amides is 1. The molecule has 6 nitrogen and oxygen atoms in total. The number of nitrogens with one attached hydrogen (secondary N) is 1. The van der Waals surface area contributed by atoms with Crippen molar-refractivity contribution in [3.05, 3.63) is 44.8 Å². The first-order valence-electron chi connectivity index (χ1n) is 8.46. The van der Waals surface area contributed by atoms with Crippen molar-refractivity contribution in [1.82, 2.24) is 4.90 Å². The Balaban J connectivity index is 1.77. The molecule has 134 valence electrons. The SMILES string of the molecule is CCOC(=O)N1CC[NH+](Cc2cc(=O)oc3cc(C)c(Cl)cc23)CC1. The molecule has 3 rings (SSSR count). The maximum atomic E-state index is 11.9. The molecule has 1 fully saturated rings. The average molecular weight is 366 g/mol. The lowest BCUT2D eigenvalue weighted by atomic mass is 10.1. The van der Waals surface area contributed by atoms with Crippen molar-refractivity contribution in [2.45, 2.75) is 20.4 Å². The number of piperazine rings is 1. The third kappa shape index (κ3) is 3.96. The molecule has 1 aromatic heterocycles. The van der Waals surface area contributed by atoms with Gasteiger partial charge in [-0.1, -0.05) is 11.6 Å². The number of carbonyl (C=O) groups is 1. The number of benzene rings is 1. The number of hydrogen-bond donors (Lipinski definition) is 1. The molecule has 2 heterocycles. The van der Waals surface area contributed by atoms with Crippen LogP contribution in [0.5, 0.6) is 0 Å². The van der Waals surface area contributed by atoms with Gasteiger partial charge in [0.2, 0.25) is 0 Å². The normalized spacial score (nSPS) is 15.6. The van der Waals surface area contributed by atoms with Gasteiger partial charge in [0.05, 0.1) is 32.8 Å². The lowest BCUT2D eigenvalue weighted by molar-refractivity contribution is -0.917. The predicted molar refractivity (Wildman–Crippen MR) is 95.2 cm³/mol. The fourth-order valence-corrected chi connectivity index (χ4v) is 3.32. The van der Waals surface area contributed by atoms with Crippen molar-refractivity contribution < 1.29 is 18.8 Å². The standard InChI is InChI=1S/C18H21ClN2O4/c1-3-24-18(23)21-6-4-20(5-7-21)11-13-9-17(22)25-16-8-12(2)15(19)10-14(13)16/h8-10H,3-7,11H2,1-2H3/p+1. The van der Waals surface area contributed by atoms with Gasteiger partial charge in [0, 0.05) is 22.0 Å². The number of halogens is 1. The van der Waals surface area contributed by atoms with Crippen LogP contribution < -0.4 is 10.5 Å². The molecule has 1 N–H and O–H groups in total. The molecular weight excluding hydrogens is 344 g/mol. The second-order valence-electron chi connectivity index (χ2n) is 6.30. The van der Waals surface area contributed by atoms with Crippen LogP contribution in [0.4, 0.5) is 4.79 Å². The molecule has 0 atom stereocenters. The average Bonchev–Trinajstić information content (AvgIpc) is 2.57. The largest absolute Gasteiger partial charge is 0.450 e. The Labute approximate surface area is 150 Å². The Kier molecular flexibility index (Phi) is 5.30. The van der Waals surface area contributed by atoms with Gasteiger partial charge < -0.3 is 14.1 Å². The number of hydrogen-bond acceptors (Lipinski definition) is 4. The van der Waals surface area contributed by atoms with E-state index in [1.54, 1.807) is 24.0 Å². The number of ether oxygens (including phenoxy) is 1. The summed E-state index contributed by atoms with van der Waals surface area (Å²) in [5, 5.41) is 1.53. The van der Waals surface area contributed by atoms with Gasteiger partial charge in [-0.25, -0.2) is 9.59 Å². The van der Waals surface area contributed by atoms with Crippen LogP contribution in [0.15, 0.2) is 27.4 Å². The summed E-state index contributed by atoms with van der Waals surface area (Å²) >= 11 is 6.24. The maximum Gasteiger partial charge on any atom is 0.410 e. The van der Waals surface area contributed by atoms with Crippen LogP contribution in [-0.4, -0.2) is 43.8 Å². The number of rotatable bonds is 3. The molecule has 2 aromatic rings. The van der Waals surface area contributed by atoms with Gasteiger partial charge in [-0.2, -0.15) is 0 Å². The van der Waals surface area contributed by atoms with Crippen LogP contribution in [0.25, 0.3) is 11.0 Å². The van der Waals surface area contributed by atoms with Crippen LogP contribution >= 0.6 is 11.6 Å². The summed E-state index contributed by atoms with van der Waals surface area (Å²) < 4.78 is 10.4. The molecule has 1 aliphatic rings. The van der Waals surface area contributed by atoms with E-state index in [0.29, 0.717) is 36.8 Å². The fourth-order valence-electron chi connectivity index (χ4n) is 3.16. The molecule has 7 heteroatoms. The van der Waals surface area contributed by atoms with Crippen molar-refractivity contribution in [1.29, 1.82) is 0 Å². The van der Waals surface area contributed by atoms with E-state index < -0.39 is 0 Å². The van der Waals surface area contributed by atoms with Crippen LogP contribution in [0.2, 0.25) is 5.02 Å². The van der Waals surface area contributed by atoms with Gasteiger partial charge in [0.15, 0.2) is 0 Å². The summed E-state index contributed by atoms with van der Waals surface area (Å²) in [7, 11) is 0. The molecule has 0 spiro atoms. The molecule has 0 radical (unpaired) electrons. The van der Waals surface area contributed by atoms with E-state index in [2.05, 4.69) is 0 Å². The molecule has 0 unspecified atom stereocenters. The summed E-state index contributed by atoms with van der Waals surface area (Å²) in [6.45, 7) is 7.67. The molecule has 0 saturated carbocycles. The zero-order valence-electron chi connectivity index (χ0n) is 14.4. The number of fused-ring (bicyclic) bond motifs is 1. The van der Waals surface area contributed by atoms with Gasteiger partial charge in [-0.05, 0) is 31.5 Å². The van der Waals surface area contributed by atoms with Crippen molar-refractivity contribution in [3.63, 3.8) is 0 Å². The van der Waals surface area contributed by atoms with Crippen molar-refractivity contribution in [2.75, 3.05) is 32.8 Å². The number of aryl methyl sites for hydroxylation is 1. The number of quaternary nitrogens is 1. The molecule has 1 saturated heterocycles. The van der Waals surface area contributed by atoms with Gasteiger partial charge in [0.25, 0.3) is 0 Å². The van der Waals surface area contributed by atoms with E-state index >= 15 is 0 Å². The lowest BCUT2D eigenvalue weighted by Crippen LogP contribution is -3.13. The van der Waals surface area contributed by atoms with Gasteiger partial charge in [-0.3, -0.25) is 4.90 Å². The molecule has 0 aliphatic carbocycles. The smallest absolute Gasteiger partial charge is 0.410 e. The maximum absolute atomic E-state index is 11.9. The van der Waals surface area contributed by atoms with E-state index in [9.17, 15) is 9.59 Å². The van der Waals surface area contributed by atoms with Crippen molar-refractivity contribution in [2.24, 2.45) is 0 Å². The lowest BCUT2D eigenvalue weighted by Gasteiger charge is -2.31. The van der Waals surface area contributed by atoms with Crippen molar-refractivity contribution >= 4 is 28.7 Å². The van der Waals surface area contributed by atoms with Crippen LogP contribution in [0.3, 0.4) is 0 Å². The zero-order valence-corrected chi connectivity index (χ0v) is 15.2. The number of nitrogens with zero attached hydrogens (tertiary/aromatic N) is 1. The zero-order chi connectivity index (χ0) is 18.0. The minimum Gasteiger partial charge on any atom is -0.450 e. The minimum atomic E-state index is -0.353. The topological polar surface area (TPSA) is 64.2 Å². The predicted octanol–water partition coefficient (Wildman–Crippen LogP) is 1.61. The minimum absolute atomic E-state index is 0.255. The Morgan fingerprint density at radius 3 is 2.72 bits per heavy atom. The molecule has 0 bridgehead atoms. The summed E-state index contributed by atoms with van der Waals surface area (Å²) in [5.41, 5.74) is 2.01. The first kappa shape index (κ1) is 17.8. The second kappa shape index (κ2) is 7.45. The Bertz CT molecular complexity index is 841. The van der Waals surface area contributed by atoms with Crippen LogP contribution in [0.1, 0.15) is 18.1 Å². The second-order valence-corrected chi connectivity index (χ2v) is 6.71. The van der Waals surface area contributed by atoms with E-state index in [1.807, 2.05) is 13.0 Å². The summed E-state index contributed by atoms with van der Waals surface area (Å²) in [4.78, 5) is 26.7. The third-order valence-corrected chi connectivity index (χ3v) is 4.95. The van der Waals surface area contributed by atoms with Gasteiger partial charge >= 0.3 is 11.7 Å². The fraction of sp³-hybridized carbons (Fsp3) is 0.444. The molecular formula is C18H22ClN2O4+. The van der Waals surface area contributed by atoms with Gasteiger partial charge in [0.1, 0.15) is 12.1 Å². The number of carbonyl (C=O) groups excluding carboxylic acids is 1. The van der Waals surface area contributed by atoms with E-state index in [0.717, 1.165) is 29.6 Å². The van der Waals surface area contributed by atoms with E-state index in [1.165, 1.54) is 4.90 Å². The monoisotopic (exact) mass is 365 g/mol. The summed E-state index contributed by atoms with van der Waals surface area (Å²) in [5.74, 6) is 0. The highest BCUT2D eigenvalue weighted by atomic mass is 35.5. The van der Waals surface area contributed by atoms with Crippen LogP contribution in [-0.2, 0) is 11.3 Å². The van der Waals surface area contributed by atoms with E-state index in [4.69, 9.17) is 20.8 Å². The first-order chi connectivity index (χ1) is 12.0. The Morgan fingerprint density at radius 1 is 1.32 bits per heavy atom. The molecule has 1 amide bonds. The molecule has 25 heavy (non-hydrogen) atoms.